The first kappa shape index (κ1) is 16.2. The van der Waals surface area contributed by atoms with Crippen LogP contribution in [0.15, 0.2) is 15.8 Å². The van der Waals surface area contributed by atoms with E-state index in [9.17, 15) is 14.4 Å². The molecule has 1 aromatic heterocycles. The minimum atomic E-state index is -0.508. The second-order valence-corrected chi connectivity index (χ2v) is 5.53. The van der Waals surface area contributed by atoms with Gasteiger partial charge in [-0.3, -0.25) is 19.1 Å². The summed E-state index contributed by atoms with van der Waals surface area (Å²) in [7, 11) is 0. The van der Waals surface area contributed by atoms with Gasteiger partial charge >= 0.3 is 11.7 Å². The zero-order chi connectivity index (χ0) is 15.3. The molecule has 0 saturated carbocycles. The molecule has 0 bridgehead atoms. The number of hydrogen-bond donors (Lipinski definition) is 2. The van der Waals surface area contributed by atoms with Crippen molar-refractivity contribution in [3.63, 3.8) is 0 Å². The van der Waals surface area contributed by atoms with Gasteiger partial charge in [0.05, 0.1) is 6.54 Å². The van der Waals surface area contributed by atoms with Crippen LogP contribution in [0.4, 0.5) is 0 Å². The number of aromatic nitrogens is 2. The topological polar surface area (TPSA) is 93.2 Å². The van der Waals surface area contributed by atoms with E-state index in [1.54, 1.807) is 27.7 Å². The molecule has 0 amide bonds. The number of carbonyl (C=O) groups excluding carboxylic acids is 1. The number of hydrogen-bond acceptors (Lipinski definition) is 5. The molecule has 1 aromatic rings. The van der Waals surface area contributed by atoms with Gasteiger partial charge in [-0.1, -0.05) is 0 Å². The Morgan fingerprint density at radius 2 is 2.05 bits per heavy atom. The predicted molar refractivity (Wildman–Crippen MR) is 74.8 cm³/mol. The highest BCUT2D eigenvalue weighted by atomic mass is 16.6. The number of nitrogens with one attached hydrogen (secondary N) is 2. The highest BCUT2D eigenvalue weighted by Gasteiger charge is 2.15. The number of ether oxygens (including phenoxy) is 1. The van der Waals surface area contributed by atoms with Crippen molar-refractivity contribution in [2.75, 3.05) is 13.1 Å². The summed E-state index contributed by atoms with van der Waals surface area (Å²) >= 11 is 0. The Morgan fingerprint density at radius 1 is 1.40 bits per heavy atom. The average Bonchev–Trinajstić information content (AvgIpc) is 2.28. The molecule has 7 nitrogen and oxygen atoms in total. The normalized spacial score (nSPS) is 11.4. The Hall–Kier alpha value is -1.89. The fourth-order valence-corrected chi connectivity index (χ4v) is 1.55. The fraction of sp³-hybridized carbons (Fsp3) is 0.615. The highest BCUT2D eigenvalue weighted by molar-refractivity contribution is 5.72. The van der Waals surface area contributed by atoms with Gasteiger partial charge in [-0.05, 0) is 27.7 Å². The quantitative estimate of drug-likeness (QED) is 0.575. The van der Waals surface area contributed by atoms with Crippen LogP contribution < -0.4 is 16.6 Å². The van der Waals surface area contributed by atoms with E-state index in [0.717, 1.165) is 0 Å². The van der Waals surface area contributed by atoms with E-state index in [0.29, 0.717) is 18.7 Å². The van der Waals surface area contributed by atoms with Crippen molar-refractivity contribution < 1.29 is 9.53 Å². The van der Waals surface area contributed by atoms with Crippen LogP contribution in [0.2, 0.25) is 0 Å². The molecule has 0 radical (unpaired) electrons. The highest BCUT2D eigenvalue weighted by Crippen LogP contribution is 2.05. The molecule has 7 heteroatoms. The molecule has 1 heterocycles. The van der Waals surface area contributed by atoms with E-state index in [-0.39, 0.29) is 18.1 Å². The summed E-state index contributed by atoms with van der Waals surface area (Å²) in [4.78, 5) is 36.3. The maximum Gasteiger partial charge on any atom is 0.328 e. The molecular weight excluding hydrogens is 262 g/mol. The third-order valence-electron chi connectivity index (χ3n) is 2.41. The molecule has 0 fully saturated rings. The zero-order valence-corrected chi connectivity index (χ0v) is 12.3. The number of esters is 1. The minimum absolute atomic E-state index is 0.0777. The molecule has 112 valence electrons. The number of H-pyrrole nitrogens is 1. The average molecular weight is 283 g/mol. The van der Waals surface area contributed by atoms with Gasteiger partial charge in [0.15, 0.2) is 0 Å². The number of aryl methyl sites for hydroxylation is 1. The predicted octanol–water partition coefficient (Wildman–Crippen LogP) is -0.224. The molecule has 1 rings (SSSR count). The molecule has 0 aliphatic heterocycles. The Kier molecular flexibility index (Phi) is 5.26. The summed E-state index contributed by atoms with van der Waals surface area (Å²) in [6, 6.07) is 0. The summed E-state index contributed by atoms with van der Waals surface area (Å²) in [6.45, 7) is 7.88. The van der Waals surface area contributed by atoms with Crippen molar-refractivity contribution in [2.24, 2.45) is 0 Å². The molecule has 0 aromatic carbocycles. The van der Waals surface area contributed by atoms with E-state index >= 15 is 0 Å². The molecule has 0 unspecified atom stereocenters. The van der Waals surface area contributed by atoms with Gasteiger partial charge in [-0.15, -0.1) is 0 Å². The SMILES string of the molecule is Cc1cn(CCNCC(=O)OC(C)(C)C)c(=O)[nH]c1=O. The lowest BCUT2D eigenvalue weighted by Crippen LogP contribution is -2.36. The number of carbonyl (C=O) groups is 1. The Morgan fingerprint density at radius 3 is 2.65 bits per heavy atom. The van der Waals surface area contributed by atoms with Crippen LogP contribution in [-0.2, 0) is 16.1 Å². The first-order valence-electron chi connectivity index (χ1n) is 6.42. The molecular formula is C13H21N3O4. The first-order chi connectivity index (χ1) is 9.19. The van der Waals surface area contributed by atoms with E-state index in [1.807, 2.05) is 0 Å². The van der Waals surface area contributed by atoms with Crippen LogP contribution in [-0.4, -0.2) is 34.2 Å². The van der Waals surface area contributed by atoms with Crippen molar-refractivity contribution in [2.45, 2.75) is 39.8 Å². The lowest BCUT2D eigenvalue weighted by atomic mass is 10.2. The van der Waals surface area contributed by atoms with E-state index < -0.39 is 11.3 Å². The van der Waals surface area contributed by atoms with Gasteiger partial charge in [0, 0.05) is 24.8 Å². The molecule has 0 atom stereocenters. The number of nitrogens with zero attached hydrogens (tertiary/aromatic N) is 1. The third-order valence-corrected chi connectivity index (χ3v) is 2.41. The largest absolute Gasteiger partial charge is 0.459 e. The van der Waals surface area contributed by atoms with Gasteiger partial charge in [0.25, 0.3) is 5.56 Å². The molecule has 0 aliphatic carbocycles. The number of aromatic amines is 1. The van der Waals surface area contributed by atoms with E-state index in [1.165, 1.54) is 10.8 Å². The van der Waals surface area contributed by atoms with Crippen LogP contribution in [0, 0.1) is 6.92 Å². The van der Waals surface area contributed by atoms with Crippen LogP contribution in [0.3, 0.4) is 0 Å². The summed E-state index contributed by atoms with van der Waals surface area (Å²) < 4.78 is 6.52. The maximum absolute atomic E-state index is 11.5. The fourth-order valence-electron chi connectivity index (χ4n) is 1.55. The van der Waals surface area contributed by atoms with Crippen molar-refractivity contribution >= 4 is 5.97 Å². The van der Waals surface area contributed by atoms with Crippen molar-refractivity contribution in [1.82, 2.24) is 14.9 Å². The van der Waals surface area contributed by atoms with E-state index in [2.05, 4.69) is 10.3 Å². The van der Waals surface area contributed by atoms with Crippen molar-refractivity contribution in [1.29, 1.82) is 0 Å². The lowest BCUT2D eigenvalue weighted by molar-refractivity contribution is -0.153. The molecule has 0 aliphatic rings. The maximum atomic E-state index is 11.5. The van der Waals surface area contributed by atoms with Gasteiger partial charge in [0.2, 0.25) is 0 Å². The van der Waals surface area contributed by atoms with Gasteiger partial charge in [-0.2, -0.15) is 0 Å². The summed E-state index contributed by atoms with van der Waals surface area (Å²) in [5, 5.41) is 2.89. The molecule has 0 spiro atoms. The van der Waals surface area contributed by atoms with Gasteiger partial charge < -0.3 is 10.1 Å². The standard InChI is InChI=1S/C13H21N3O4/c1-9-8-16(12(19)15-11(9)18)6-5-14-7-10(17)20-13(2,3)4/h8,14H,5-7H2,1-4H3,(H,15,18,19). The smallest absolute Gasteiger partial charge is 0.328 e. The monoisotopic (exact) mass is 283 g/mol. The van der Waals surface area contributed by atoms with Crippen molar-refractivity contribution in [3.05, 3.63) is 32.6 Å². The summed E-state index contributed by atoms with van der Waals surface area (Å²) in [5.74, 6) is -0.345. The summed E-state index contributed by atoms with van der Waals surface area (Å²) in [5.41, 5.74) is -0.879. The second-order valence-electron chi connectivity index (χ2n) is 5.53. The van der Waals surface area contributed by atoms with E-state index in [4.69, 9.17) is 4.74 Å². The molecule has 20 heavy (non-hydrogen) atoms. The number of rotatable bonds is 5. The van der Waals surface area contributed by atoms with Crippen molar-refractivity contribution in [3.8, 4) is 0 Å². The van der Waals surface area contributed by atoms with Crippen LogP contribution in [0.1, 0.15) is 26.3 Å². The molecule has 2 N–H and O–H groups in total. The van der Waals surface area contributed by atoms with Crippen LogP contribution in [0.5, 0.6) is 0 Å². The van der Waals surface area contributed by atoms with Crippen LogP contribution >= 0.6 is 0 Å². The Balaban J connectivity index is 2.43. The lowest BCUT2D eigenvalue weighted by Gasteiger charge is -2.19. The second kappa shape index (κ2) is 6.51. The zero-order valence-electron chi connectivity index (χ0n) is 12.3. The first-order valence-corrected chi connectivity index (χ1v) is 6.42. The summed E-state index contributed by atoms with van der Waals surface area (Å²) in [6.07, 6.45) is 1.50. The van der Waals surface area contributed by atoms with Gasteiger partial charge in [0.1, 0.15) is 5.60 Å². The third kappa shape index (κ3) is 5.40. The minimum Gasteiger partial charge on any atom is -0.459 e. The van der Waals surface area contributed by atoms with Gasteiger partial charge in [-0.25, -0.2) is 4.79 Å². The Bertz CT molecular complexity index is 581. The molecule has 0 saturated heterocycles. The van der Waals surface area contributed by atoms with Crippen LogP contribution in [0.25, 0.3) is 0 Å². The Labute approximate surface area is 117 Å².